The highest BCUT2D eigenvalue weighted by Gasteiger charge is 2.32. The highest BCUT2D eigenvalue weighted by atomic mass is 19.4. The standard InChI is InChI=1S/C16H12F3NO/c1-15(21,12-4-2-11(10-20)3-5-12)13-6-8-14(9-7-13)16(17,18)19/h2-9,21H,1H3. The third-order valence-electron chi connectivity index (χ3n) is 3.35. The van der Waals surface area contributed by atoms with E-state index in [0.717, 1.165) is 12.1 Å². The molecule has 5 heteroatoms. The van der Waals surface area contributed by atoms with Gasteiger partial charge in [-0.25, -0.2) is 0 Å². The van der Waals surface area contributed by atoms with Gasteiger partial charge >= 0.3 is 6.18 Å². The highest BCUT2D eigenvalue weighted by molar-refractivity contribution is 5.40. The fraction of sp³-hybridized carbons (Fsp3) is 0.188. The van der Waals surface area contributed by atoms with Crippen molar-refractivity contribution in [2.75, 3.05) is 0 Å². The quantitative estimate of drug-likeness (QED) is 0.913. The van der Waals surface area contributed by atoms with E-state index in [1.54, 1.807) is 24.3 Å². The lowest BCUT2D eigenvalue weighted by atomic mass is 9.87. The van der Waals surface area contributed by atoms with E-state index in [2.05, 4.69) is 0 Å². The van der Waals surface area contributed by atoms with E-state index in [1.165, 1.54) is 19.1 Å². The summed E-state index contributed by atoms with van der Waals surface area (Å²) in [5.74, 6) is 0. The number of benzene rings is 2. The van der Waals surface area contributed by atoms with E-state index in [4.69, 9.17) is 5.26 Å². The maximum absolute atomic E-state index is 12.5. The normalized spacial score (nSPS) is 14.3. The molecule has 0 fully saturated rings. The lowest BCUT2D eigenvalue weighted by Gasteiger charge is -2.25. The fourth-order valence-electron chi connectivity index (χ4n) is 2.02. The summed E-state index contributed by atoms with van der Waals surface area (Å²) < 4.78 is 37.6. The first kappa shape index (κ1) is 15.1. The van der Waals surface area contributed by atoms with Crippen molar-refractivity contribution < 1.29 is 18.3 Å². The van der Waals surface area contributed by atoms with Crippen molar-refractivity contribution >= 4 is 0 Å². The molecule has 2 aromatic carbocycles. The molecule has 2 aromatic rings. The van der Waals surface area contributed by atoms with Gasteiger partial charge in [0.2, 0.25) is 0 Å². The molecule has 1 atom stereocenters. The van der Waals surface area contributed by atoms with Crippen molar-refractivity contribution in [2.45, 2.75) is 18.7 Å². The smallest absolute Gasteiger partial charge is 0.381 e. The summed E-state index contributed by atoms with van der Waals surface area (Å²) in [4.78, 5) is 0. The molecule has 0 amide bonds. The van der Waals surface area contributed by atoms with Crippen LogP contribution in [0.4, 0.5) is 13.2 Å². The van der Waals surface area contributed by atoms with Crippen molar-refractivity contribution in [1.29, 1.82) is 5.26 Å². The molecule has 108 valence electrons. The second kappa shape index (κ2) is 5.23. The number of halogens is 3. The van der Waals surface area contributed by atoms with Gasteiger partial charge in [-0.2, -0.15) is 18.4 Å². The summed E-state index contributed by atoms with van der Waals surface area (Å²) in [6.07, 6.45) is -4.40. The molecule has 0 saturated carbocycles. The number of nitriles is 1. The first-order chi connectivity index (χ1) is 9.75. The average Bonchev–Trinajstić information content (AvgIpc) is 2.46. The molecule has 2 nitrogen and oxygen atoms in total. The molecule has 0 spiro atoms. The Morgan fingerprint density at radius 1 is 0.857 bits per heavy atom. The van der Waals surface area contributed by atoms with Gasteiger partial charge in [-0.15, -0.1) is 0 Å². The van der Waals surface area contributed by atoms with Crippen LogP contribution in [0.3, 0.4) is 0 Å². The van der Waals surface area contributed by atoms with Crippen molar-refractivity contribution in [2.24, 2.45) is 0 Å². The highest BCUT2D eigenvalue weighted by Crippen LogP contribution is 2.33. The van der Waals surface area contributed by atoms with Crippen LogP contribution in [0.2, 0.25) is 0 Å². The van der Waals surface area contributed by atoms with Crippen LogP contribution in [0.1, 0.15) is 29.2 Å². The molecule has 0 heterocycles. The van der Waals surface area contributed by atoms with Crippen LogP contribution in [-0.2, 0) is 11.8 Å². The summed E-state index contributed by atoms with van der Waals surface area (Å²) in [5, 5.41) is 19.3. The van der Waals surface area contributed by atoms with E-state index < -0.39 is 17.3 Å². The molecule has 21 heavy (non-hydrogen) atoms. The van der Waals surface area contributed by atoms with Gasteiger partial charge in [0.1, 0.15) is 5.60 Å². The van der Waals surface area contributed by atoms with Gasteiger partial charge < -0.3 is 5.11 Å². The molecule has 0 aliphatic carbocycles. The third-order valence-corrected chi connectivity index (χ3v) is 3.35. The first-order valence-corrected chi connectivity index (χ1v) is 6.16. The summed E-state index contributed by atoms with van der Waals surface area (Å²) in [6.45, 7) is 1.50. The van der Waals surface area contributed by atoms with E-state index in [9.17, 15) is 18.3 Å². The second-order valence-corrected chi connectivity index (χ2v) is 4.84. The monoisotopic (exact) mass is 291 g/mol. The van der Waals surface area contributed by atoms with Crippen LogP contribution in [0.5, 0.6) is 0 Å². The second-order valence-electron chi connectivity index (χ2n) is 4.84. The van der Waals surface area contributed by atoms with Gasteiger partial charge in [0, 0.05) is 0 Å². The van der Waals surface area contributed by atoms with Gasteiger partial charge in [-0.05, 0) is 42.3 Å². The molecule has 0 bridgehead atoms. The molecule has 0 saturated heterocycles. The predicted molar refractivity (Wildman–Crippen MR) is 71.3 cm³/mol. The Balaban J connectivity index is 2.36. The van der Waals surface area contributed by atoms with Gasteiger partial charge in [0.05, 0.1) is 17.2 Å². The third kappa shape index (κ3) is 3.06. The number of rotatable bonds is 2. The Bertz CT molecular complexity index is 665. The molecular weight excluding hydrogens is 279 g/mol. The number of aliphatic hydroxyl groups is 1. The number of hydrogen-bond acceptors (Lipinski definition) is 2. The fourth-order valence-corrected chi connectivity index (χ4v) is 2.02. The molecule has 1 N–H and O–H groups in total. The molecule has 0 radical (unpaired) electrons. The van der Waals surface area contributed by atoms with Crippen LogP contribution >= 0.6 is 0 Å². The van der Waals surface area contributed by atoms with Gasteiger partial charge in [0.25, 0.3) is 0 Å². The summed E-state index contributed by atoms with van der Waals surface area (Å²) >= 11 is 0. The lowest BCUT2D eigenvalue weighted by molar-refractivity contribution is -0.137. The Labute approximate surface area is 120 Å². The number of hydrogen-bond donors (Lipinski definition) is 1. The molecule has 1 unspecified atom stereocenters. The number of nitrogens with zero attached hydrogens (tertiary/aromatic N) is 1. The summed E-state index contributed by atoms with van der Waals surface area (Å²) in [6, 6.07) is 12.6. The lowest BCUT2D eigenvalue weighted by Crippen LogP contribution is -2.23. The Morgan fingerprint density at radius 2 is 1.24 bits per heavy atom. The summed E-state index contributed by atoms with van der Waals surface area (Å²) in [7, 11) is 0. The Kier molecular flexibility index (Phi) is 3.75. The van der Waals surface area contributed by atoms with Crippen LogP contribution in [-0.4, -0.2) is 5.11 Å². The van der Waals surface area contributed by atoms with Crippen molar-refractivity contribution in [3.05, 3.63) is 70.8 Å². The molecule has 0 aliphatic heterocycles. The zero-order valence-corrected chi connectivity index (χ0v) is 11.1. The molecular formula is C16H12F3NO. The minimum atomic E-state index is -4.40. The van der Waals surface area contributed by atoms with E-state index >= 15 is 0 Å². The van der Waals surface area contributed by atoms with Crippen molar-refractivity contribution in [1.82, 2.24) is 0 Å². The van der Waals surface area contributed by atoms with Gasteiger partial charge in [0.15, 0.2) is 0 Å². The molecule has 0 aromatic heterocycles. The average molecular weight is 291 g/mol. The van der Waals surface area contributed by atoms with E-state index in [1.807, 2.05) is 6.07 Å². The molecule has 0 aliphatic rings. The Morgan fingerprint density at radius 3 is 1.62 bits per heavy atom. The van der Waals surface area contributed by atoms with E-state index in [0.29, 0.717) is 16.7 Å². The van der Waals surface area contributed by atoms with Crippen LogP contribution in [0.15, 0.2) is 48.5 Å². The first-order valence-electron chi connectivity index (χ1n) is 6.16. The minimum absolute atomic E-state index is 0.347. The number of alkyl halides is 3. The van der Waals surface area contributed by atoms with Crippen LogP contribution in [0, 0.1) is 11.3 Å². The largest absolute Gasteiger partial charge is 0.416 e. The zero-order chi connectivity index (χ0) is 15.7. The van der Waals surface area contributed by atoms with Gasteiger partial charge in [-0.3, -0.25) is 0 Å². The van der Waals surface area contributed by atoms with E-state index in [-0.39, 0.29) is 0 Å². The van der Waals surface area contributed by atoms with Crippen molar-refractivity contribution in [3.8, 4) is 6.07 Å². The molecule has 2 rings (SSSR count). The topological polar surface area (TPSA) is 44.0 Å². The minimum Gasteiger partial charge on any atom is -0.381 e. The van der Waals surface area contributed by atoms with Gasteiger partial charge in [-0.1, -0.05) is 24.3 Å². The summed E-state index contributed by atoms with van der Waals surface area (Å²) in [5.41, 5.74) is -0.900. The SMILES string of the molecule is CC(O)(c1ccc(C#N)cc1)c1ccc(C(F)(F)F)cc1. The maximum atomic E-state index is 12.5. The zero-order valence-electron chi connectivity index (χ0n) is 11.1. The van der Waals surface area contributed by atoms with Crippen LogP contribution < -0.4 is 0 Å². The maximum Gasteiger partial charge on any atom is 0.416 e. The Hall–Kier alpha value is -2.32. The predicted octanol–water partition coefficient (Wildman–Crippen LogP) is 3.83. The van der Waals surface area contributed by atoms with Crippen LogP contribution in [0.25, 0.3) is 0 Å². The van der Waals surface area contributed by atoms with Crippen molar-refractivity contribution in [3.63, 3.8) is 0 Å².